The molecule has 43 heavy (non-hydrogen) atoms. The Hall–Kier alpha value is -4.44. The number of aliphatic hydroxyl groups excluding tert-OH is 1. The third-order valence-corrected chi connectivity index (χ3v) is 7.25. The number of rotatable bonds is 16. The molecule has 0 saturated carbocycles. The summed E-state index contributed by atoms with van der Waals surface area (Å²) < 4.78 is 10.8. The highest BCUT2D eigenvalue weighted by atomic mass is 16.6. The molecule has 0 bridgehead atoms. The van der Waals surface area contributed by atoms with E-state index in [2.05, 4.69) is 23.8 Å². The predicted octanol–water partition coefficient (Wildman–Crippen LogP) is 3.82. The summed E-state index contributed by atoms with van der Waals surface area (Å²) in [4.78, 5) is 53.5. The molecule has 3 N–H and O–H groups in total. The molecule has 1 aliphatic rings. The van der Waals surface area contributed by atoms with Crippen molar-refractivity contribution < 1.29 is 33.8 Å². The molecular weight excluding hydrogens is 550 g/mol. The number of nitrogens with zero attached hydrogens (tertiary/aromatic N) is 1. The first kappa shape index (κ1) is 33.1. The first-order chi connectivity index (χ1) is 20.9. The Morgan fingerprint density at radius 3 is 2.28 bits per heavy atom. The second-order valence-corrected chi connectivity index (χ2v) is 10.4. The first-order valence-electron chi connectivity index (χ1n) is 14.5. The number of carbonyl (C=O) groups excluding carboxylic acids is 4. The van der Waals surface area contributed by atoms with Gasteiger partial charge in [0, 0.05) is 13.0 Å². The van der Waals surface area contributed by atoms with Crippen LogP contribution in [0.25, 0.3) is 0 Å². The van der Waals surface area contributed by atoms with Gasteiger partial charge >= 0.3 is 12.1 Å². The van der Waals surface area contributed by atoms with Gasteiger partial charge in [0.1, 0.15) is 19.3 Å². The van der Waals surface area contributed by atoms with Gasteiger partial charge in [-0.1, -0.05) is 72.8 Å². The molecule has 0 aromatic heterocycles. The lowest BCUT2D eigenvalue weighted by molar-refractivity contribution is -0.147. The summed E-state index contributed by atoms with van der Waals surface area (Å²) in [6.45, 7) is 7.66. The quantitative estimate of drug-likeness (QED) is 0.200. The number of benzene rings is 2. The highest BCUT2D eigenvalue weighted by Crippen LogP contribution is 2.22. The molecule has 1 aliphatic heterocycles. The third-order valence-electron chi connectivity index (χ3n) is 7.25. The van der Waals surface area contributed by atoms with Crippen LogP contribution in [-0.2, 0) is 30.5 Å². The molecular formula is C33H41N3O7. The highest BCUT2D eigenvalue weighted by Gasteiger charge is 2.32. The molecule has 2 aromatic rings. The fourth-order valence-electron chi connectivity index (χ4n) is 4.92. The minimum absolute atomic E-state index is 0.0356. The van der Waals surface area contributed by atoms with E-state index in [4.69, 9.17) is 9.47 Å². The van der Waals surface area contributed by atoms with Crippen molar-refractivity contribution in [1.82, 2.24) is 15.5 Å². The lowest BCUT2D eigenvalue weighted by Crippen LogP contribution is -2.44. The predicted molar refractivity (Wildman–Crippen MR) is 161 cm³/mol. The van der Waals surface area contributed by atoms with Crippen molar-refractivity contribution in [2.24, 2.45) is 5.92 Å². The van der Waals surface area contributed by atoms with Gasteiger partial charge in [0.05, 0.1) is 24.6 Å². The molecule has 230 valence electrons. The number of nitrogens with one attached hydrogen (secondary N) is 2. The van der Waals surface area contributed by atoms with Crippen LogP contribution in [0.15, 0.2) is 86.0 Å². The van der Waals surface area contributed by atoms with E-state index in [1.165, 1.54) is 6.08 Å². The van der Waals surface area contributed by atoms with Crippen LogP contribution >= 0.6 is 0 Å². The first-order valence-corrected chi connectivity index (χ1v) is 14.5. The van der Waals surface area contributed by atoms with Crippen LogP contribution in [0.1, 0.15) is 49.3 Å². The fourth-order valence-corrected chi connectivity index (χ4v) is 4.92. The van der Waals surface area contributed by atoms with E-state index < -0.39 is 30.1 Å². The fraction of sp³-hybridized carbons (Fsp3) is 0.394. The number of likely N-dealkylation sites (tertiary alicyclic amines) is 1. The topological polar surface area (TPSA) is 134 Å². The Labute approximate surface area is 252 Å². The summed E-state index contributed by atoms with van der Waals surface area (Å²) in [6.07, 6.45) is 4.18. The van der Waals surface area contributed by atoms with Gasteiger partial charge in [-0.2, -0.15) is 0 Å². The van der Waals surface area contributed by atoms with Crippen molar-refractivity contribution in [3.8, 4) is 0 Å². The summed E-state index contributed by atoms with van der Waals surface area (Å²) in [5.74, 6) is -1.99. The van der Waals surface area contributed by atoms with E-state index in [0.29, 0.717) is 12.1 Å². The van der Waals surface area contributed by atoms with E-state index >= 15 is 0 Å². The van der Waals surface area contributed by atoms with Gasteiger partial charge in [-0.25, -0.2) is 9.59 Å². The summed E-state index contributed by atoms with van der Waals surface area (Å²) in [5.41, 5.74) is 1.50. The average molecular weight is 592 g/mol. The molecule has 0 unspecified atom stereocenters. The Morgan fingerprint density at radius 1 is 0.953 bits per heavy atom. The Bertz CT molecular complexity index is 1220. The van der Waals surface area contributed by atoms with Gasteiger partial charge in [0.2, 0.25) is 11.8 Å². The summed E-state index contributed by atoms with van der Waals surface area (Å²) in [5, 5.41) is 15.1. The summed E-state index contributed by atoms with van der Waals surface area (Å²) in [6, 6.07) is 16.2. The van der Waals surface area contributed by atoms with E-state index in [-0.39, 0.29) is 56.9 Å². The molecule has 1 saturated heterocycles. The normalized spacial score (nSPS) is 16.3. The maximum absolute atomic E-state index is 13.4. The van der Waals surface area contributed by atoms with E-state index in [1.54, 1.807) is 35.2 Å². The van der Waals surface area contributed by atoms with Gasteiger partial charge in [-0.3, -0.25) is 9.59 Å². The molecule has 10 heteroatoms. The van der Waals surface area contributed by atoms with Crippen molar-refractivity contribution in [2.45, 2.75) is 56.8 Å². The molecule has 3 amide bonds. The molecule has 0 aliphatic carbocycles. The molecule has 10 nitrogen and oxygen atoms in total. The molecule has 0 spiro atoms. The van der Waals surface area contributed by atoms with E-state index in [1.807, 2.05) is 36.4 Å². The van der Waals surface area contributed by atoms with E-state index in [9.17, 15) is 24.3 Å². The summed E-state index contributed by atoms with van der Waals surface area (Å²) >= 11 is 0. The van der Waals surface area contributed by atoms with Gasteiger partial charge in [-0.15, -0.1) is 13.2 Å². The van der Waals surface area contributed by atoms with Crippen LogP contribution in [0.3, 0.4) is 0 Å². The smallest absolute Gasteiger partial charge is 0.408 e. The van der Waals surface area contributed by atoms with Gasteiger partial charge < -0.3 is 30.1 Å². The molecule has 2 aromatic carbocycles. The van der Waals surface area contributed by atoms with Crippen LogP contribution in [-0.4, -0.2) is 65.7 Å². The number of hydrogen-bond donors (Lipinski definition) is 3. The zero-order valence-electron chi connectivity index (χ0n) is 24.4. The van der Waals surface area contributed by atoms with Crippen LogP contribution < -0.4 is 10.6 Å². The molecule has 1 fully saturated rings. The molecule has 0 radical (unpaired) electrons. The van der Waals surface area contributed by atoms with Crippen LogP contribution in [0, 0.1) is 5.92 Å². The molecule has 4 atom stereocenters. The maximum Gasteiger partial charge on any atom is 0.408 e. The molecule has 3 rings (SSSR count). The lowest BCUT2D eigenvalue weighted by atomic mass is 9.98. The van der Waals surface area contributed by atoms with Gasteiger partial charge in [0.15, 0.2) is 0 Å². The highest BCUT2D eigenvalue weighted by molar-refractivity contribution is 5.86. The van der Waals surface area contributed by atoms with Gasteiger partial charge in [-0.05, 0) is 36.8 Å². The minimum Gasteiger partial charge on any atom is -0.462 e. The number of carbonyl (C=O) groups is 4. The van der Waals surface area contributed by atoms with Crippen molar-refractivity contribution in [3.05, 3.63) is 97.1 Å². The van der Waals surface area contributed by atoms with Crippen molar-refractivity contribution >= 4 is 23.9 Å². The Morgan fingerprint density at radius 2 is 1.63 bits per heavy atom. The second kappa shape index (κ2) is 17.5. The average Bonchev–Trinajstić information content (AvgIpc) is 3.51. The Kier molecular flexibility index (Phi) is 13.5. The largest absolute Gasteiger partial charge is 0.462 e. The lowest BCUT2D eigenvalue weighted by Gasteiger charge is -2.26. The van der Waals surface area contributed by atoms with Crippen LogP contribution in [0.2, 0.25) is 0 Å². The molecule has 1 heterocycles. The van der Waals surface area contributed by atoms with Crippen LogP contribution in [0.4, 0.5) is 4.79 Å². The number of hydrogen-bond acceptors (Lipinski definition) is 7. The number of ether oxygens (including phenoxy) is 2. The van der Waals surface area contributed by atoms with Crippen molar-refractivity contribution in [1.29, 1.82) is 0 Å². The number of alkyl carbamates (subject to hydrolysis) is 1. The van der Waals surface area contributed by atoms with Crippen molar-refractivity contribution in [3.63, 3.8) is 0 Å². The standard InChI is InChI=1S/C33H41N3O7/c1-3-12-26(20-30(38)36-19-11-18-27(36)21-37)31(39)34-29(25-16-9-6-10-17-25)23-42-32(40)28(13-4-2)35-33(41)43-22-24-14-7-5-8-15-24/h3-10,14-17,26-29,37H,1-2,11-13,18-23H2,(H,34,39)(H,35,41)/t26-,27+,28-,29+/m1/s1. The third kappa shape index (κ3) is 10.4. The zero-order valence-corrected chi connectivity index (χ0v) is 24.4. The zero-order chi connectivity index (χ0) is 31.0. The minimum atomic E-state index is -1.04. The number of allylic oxidation sites excluding steroid dienone is 1. The SMILES string of the molecule is C=CC[C@H](CC(=O)N1CCC[C@H]1CO)C(=O)N[C@@H](COC(=O)[C@@H](CC=C)NC(=O)OCc1ccccc1)c1ccccc1. The van der Waals surface area contributed by atoms with Gasteiger partial charge in [0.25, 0.3) is 0 Å². The monoisotopic (exact) mass is 591 g/mol. The number of aliphatic hydroxyl groups is 1. The number of esters is 1. The second-order valence-electron chi connectivity index (χ2n) is 10.4. The van der Waals surface area contributed by atoms with Crippen molar-refractivity contribution in [2.75, 3.05) is 19.8 Å². The van der Waals surface area contributed by atoms with E-state index in [0.717, 1.165) is 18.4 Å². The van der Waals surface area contributed by atoms with Crippen LogP contribution in [0.5, 0.6) is 0 Å². The maximum atomic E-state index is 13.4. The Balaban J connectivity index is 1.63. The summed E-state index contributed by atoms with van der Waals surface area (Å²) in [7, 11) is 0. The number of amides is 3.